The fraction of sp³-hybridized carbons (Fsp3) is 0.235. The molecule has 8 heteroatoms. The van der Waals surface area contributed by atoms with Crippen molar-refractivity contribution in [3.63, 3.8) is 0 Å². The quantitative estimate of drug-likeness (QED) is 0.595. The number of rotatable bonds is 4. The molecule has 0 N–H and O–H groups in total. The second-order valence-electron chi connectivity index (χ2n) is 5.45. The van der Waals surface area contributed by atoms with Crippen molar-refractivity contribution in [3.8, 4) is 6.07 Å². The van der Waals surface area contributed by atoms with Crippen LogP contribution < -0.4 is 0 Å². The lowest BCUT2D eigenvalue weighted by atomic mass is 10.2. The first-order valence-corrected chi connectivity index (χ1v) is 8.98. The van der Waals surface area contributed by atoms with Crippen LogP contribution in [-0.4, -0.2) is 21.9 Å². The Hall–Kier alpha value is -2.07. The topological polar surface area (TPSA) is 67.9 Å². The Balaban J connectivity index is 1.98. The molecule has 3 rings (SSSR count). The number of thiophene rings is 1. The first-order chi connectivity index (χ1) is 11.9. The summed E-state index contributed by atoms with van der Waals surface area (Å²) in [5.41, 5.74) is 1.56. The number of nitriles is 1. The van der Waals surface area contributed by atoms with Gasteiger partial charge in [-0.2, -0.15) is 10.4 Å². The van der Waals surface area contributed by atoms with Crippen molar-refractivity contribution in [1.82, 2.24) is 9.78 Å². The Bertz CT molecular complexity index is 983. The van der Waals surface area contributed by atoms with E-state index in [0.717, 1.165) is 21.5 Å². The van der Waals surface area contributed by atoms with Crippen LogP contribution in [0.2, 0.25) is 10.0 Å². The first kappa shape index (κ1) is 17.7. The fourth-order valence-electron chi connectivity index (χ4n) is 2.40. The zero-order valence-electron chi connectivity index (χ0n) is 13.4. The van der Waals surface area contributed by atoms with E-state index in [4.69, 9.17) is 33.2 Å². The smallest absolute Gasteiger partial charge is 0.349 e. The number of halogens is 2. The molecule has 5 nitrogen and oxygen atoms in total. The Kier molecular flexibility index (Phi) is 5.00. The van der Waals surface area contributed by atoms with Crippen molar-refractivity contribution < 1.29 is 9.53 Å². The molecule has 0 saturated heterocycles. The molecule has 0 spiro atoms. The largest absolute Gasteiger partial charge is 0.443 e. The predicted octanol–water partition coefficient (Wildman–Crippen LogP) is 4.83. The molecule has 1 aromatic carbocycles. The van der Waals surface area contributed by atoms with Crippen LogP contribution in [0.4, 0.5) is 0 Å². The summed E-state index contributed by atoms with van der Waals surface area (Å²) in [6, 6.07) is 8.95. The summed E-state index contributed by atoms with van der Waals surface area (Å²) in [6.07, 6.45) is -0.794. The Morgan fingerprint density at radius 1 is 1.44 bits per heavy atom. The van der Waals surface area contributed by atoms with Crippen molar-refractivity contribution in [1.29, 1.82) is 5.26 Å². The Labute approximate surface area is 158 Å². The zero-order valence-corrected chi connectivity index (χ0v) is 15.7. The molecule has 0 fully saturated rings. The van der Waals surface area contributed by atoms with Gasteiger partial charge >= 0.3 is 5.97 Å². The van der Waals surface area contributed by atoms with Gasteiger partial charge in [-0.1, -0.05) is 29.3 Å². The number of carbonyl (C=O) groups is 1. The average Bonchev–Trinajstić information content (AvgIpc) is 3.12. The lowest BCUT2D eigenvalue weighted by Crippen LogP contribution is -2.11. The number of benzene rings is 1. The maximum absolute atomic E-state index is 12.1. The molecule has 1 atom stereocenters. The molecule has 0 bridgehead atoms. The highest BCUT2D eigenvalue weighted by Gasteiger charge is 2.19. The number of esters is 1. The summed E-state index contributed by atoms with van der Waals surface area (Å²) in [5, 5.41) is 15.3. The van der Waals surface area contributed by atoms with Crippen molar-refractivity contribution >= 4 is 50.7 Å². The van der Waals surface area contributed by atoms with Gasteiger partial charge in [0.1, 0.15) is 15.8 Å². The first-order valence-electron chi connectivity index (χ1n) is 7.41. The maximum Gasteiger partial charge on any atom is 0.349 e. The molecule has 2 aromatic heterocycles. The fourth-order valence-corrected chi connectivity index (χ4v) is 3.96. The molecule has 3 aromatic rings. The molecule has 0 radical (unpaired) electrons. The van der Waals surface area contributed by atoms with Crippen molar-refractivity contribution in [2.45, 2.75) is 26.5 Å². The normalized spacial score (nSPS) is 12.1. The van der Waals surface area contributed by atoms with E-state index in [1.54, 1.807) is 28.9 Å². The molecule has 128 valence electrons. The minimum absolute atomic E-state index is 0.395. The van der Waals surface area contributed by atoms with Gasteiger partial charge < -0.3 is 4.74 Å². The number of nitrogens with zero attached hydrogens (tertiary/aromatic N) is 3. The number of fused-ring (bicyclic) bond motifs is 1. The number of carbonyl (C=O) groups excluding carboxylic acids is 1. The van der Waals surface area contributed by atoms with E-state index in [1.807, 2.05) is 13.0 Å². The standard InChI is InChI=1S/C17H13Cl2N3O2S/c1-9(7-20)24-17(23)15-6-11-10(2)21-22(16(11)25-15)8-12-13(18)4-3-5-14(12)19/h3-6,9H,8H2,1-2H3/t9-/m0/s1. The van der Waals surface area contributed by atoms with E-state index in [0.29, 0.717) is 21.5 Å². The van der Waals surface area contributed by atoms with Crippen LogP contribution >= 0.6 is 34.5 Å². The lowest BCUT2D eigenvalue weighted by molar-refractivity contribution is 0.0441. The minimum Gasteiger partial charge on any atom is -0.443 e. The van der Waals surface area contributed by atoms with Gasteiger partial charge in [0.25, 0.3) is 0 Å². The van der Waals surface area contributed by atoms with Crippen LogP contribution in [0.1, 0.15) is 27.9 Å². The Morgan fingerprint density at radius 3 is 2.76 bits per heavy atom. The van der Waals surface area contributed by atoms with Gasteiger partial charge in [0, 0.05) is 21.0 Å². The molecule has 0 aliphatic heterocycles. The molecule has 0 saturated carbocycles. The molecule has 0 amide bonds. The molecule has 2 heterocycles. The van der Waals surface area contributed by atoms with Crippen LogP contribution in [0.5, 0.6) is 0 Å². The number of aromatic nitrogens is 2. The third kappa shape index (κ3) is 3.49. The SMILES string of the molecule is Cc1nn(Cc2c(Cl)cccc2Cl)c2sc(C(=O)O[C@@H](C)C#N)cc12. The monoisotopic (exact) mass is 393 g/mol. The summed E-state index contributed by atoms with van der Waals surface area (Å²) < 4.78 is 6.83. The third-order valence-corrected chi connectivity index (χ3v) is 5.48. The number of hydrogen-bond acceptors (Lipinski definition) is 5. The highest BCUT2D eigenvalue weighted by molar-refractivity contribution is 7.20. The van der Waals surface area contributed by atoms with E-state index in [9.17, 15) is 4.79 Å². The number of aryl methyl sites for hydroxylation is 1. The van der Waals surface area contributed by atoms with Crippen LogP contribution in [0.15, 0.2) is 24.3 Å². The Morgan fingerprint density at radius 2 is 2.12 bits per heavy atom. The average molecular weight is 394 g/mol. The predicted molar refractivity (Wildman–Crippen MR) is 98.4 cm³/mol. The van der Waals surface area contributed by atoms with E-state index < -0.39 is 12.1 Å². The van der Waals surface area contributed by atoms with E-state index in [1.165, 1.54) is 18.3 Å². The summed E-state index contributed by atoms with van der Waals surface area (Å²) in [4.78, 5) is 13.4. The van der Waals surface area contributed by atoms with Gasteiger partial charge in [-0.25, -0.2) is 9.48 Å². The number of hydrogen-bond donors (Lipinski definition) is 0. The van der Waals surface area contributed by atoms with Crippen LogP contribution in [0.3, 0.4) is 0 Å². The second kappa shape index (κ2) is 7.04. The molecule has 25 heavy (non-hydrogen) atoms. The van der Waals surface area contributed by atoms with Gasteiger partial charge in [0.15, 0.2) is 6.10 Å². The van der Waals surface area contributed by atoms with Crippen molar-refractivity contribution in [2.75, 3.05) is 0 Å². The molecule has 0 aliphatic carbocycles. The zero-order chi connectivity index (χ0) is 18.1. The third-order valence-electron chi connectivity index (χ3n) is 3.64. The van der Waals surface area contributed by atoms with Gasteiger partial charge in [-0.15, -0.1) is 11.3 Å². The van der Waals surface area contributed by atoms with Crippen LogP contribution in [-0.2, 0) is 11.3 Å². The van der Waals surface area contributed by atoms with Crippen LogP contribution in [0.25, 0.3) is 10.2 Å². The summed E-state index contributed by atoms with van der Waals surface area (Å²) in [5.74, 6) is -0.517. The van der Waals surface area contributed by atoms with Crippen LogP contribution in [0, 0.1) is 18.3 Å². The van der Waals surface area contributed by atoms with E-state index >= 15 is 0 Å². The van der Waals surface area contributed by atoms with Gasteiger partial charge in [-0.05, 0) is 32.0 Å². The van der Waals surface area contributed by atoms with Crippen molar-refractivity contribution in [2.24, 2.45) is 0 Å². The van der Waals surface area contributed by atoms with Gasteiger partial charge in [-0.3, -0.25) is 0 Å². The van der Waals surface area contributed by atoms with Gasteiger partial charge in [0.2, 0.25) is 0 Å². The summed E-state index contributed by atoms with van der Waals surface area (Å²) in [6.45, 7) is 3.79. The molecule has 0 unspecified atom stereocenters. The van der Waals surface area contributed by atoms with E-state index in [2.05, 4.69) is 5.10 Å². The summed E-state index contributed by atoms with van der Waals surface area (Å²) >= 11 is 13.7. The molecular formula is C17H13Cl2N3O2S. The van der Waals surface area contributed by atoms with Gasteiger partial charge in [0.05, 0.1) is 12.2 Å². The summed E-state index contributed by atoms with van der Waals surface area (Å²) in [7, 11) is 0. The lowest BCUT2D eigenvalue weighted by Gasteiger charge is -2.07. The number of ether oxygens (including phenoxy) is 1. The maximum atomic E-state index is 12.1. The van der Waals surface area contributed by atoms with E-state index in [-0.39, 0.29) is 0 Å². The van der Waals surface area contributed by atoms with Crippen molar-refractivity contribution in [3.05, 3.63) is 50.4 Å². The molecule has 0 aliphatic rings. The highest BCUT2D eigenvalue weighted by Crippen LogP contribution is 2.31. The minimum atomic E-state index is -0.794. The molecular weight excluding hydrogens is 381 g/mol. The highest BCUT2D eigenvalue weighted by atomic mass is 35.5. The second-order valence-corrected chi connectivity index (χ2v) is 7.29.